The van der Waals surface area contributed by atoms with Crippen LogP contribution in [0.2, 0.25) is 5.02 Å². The zero-order chi connectivity index (χ0) is 16.1. The molecule has 1 unspecified atom stereocenters. The minimum absolute atomic E-state index is 0.0352. The average Bonchev–Trinajstić information content (AvgIpc) is 2.60. The normalized spacial score (nSPS) is 18.0. The molecular weight excluding hydrogens is 330 g/mol. The third-order valence-electron chi connectivity index (χ3n) is 3.81. The van der Waals surface area contributed by atoms with Crippen LogP contribution in [0.1, 0.15) is 11.6 Å². The molecule has 1 atom stereocenters. The molecule has 1 saturated heterocycles. The van der Waals surface area contributed by atoms with E-state index in [4.69, 9.17) is 11.6 Å². The van der Waals surface area contributed by atoms with E-state index in [0.29, 0.717) is 17.3 Å². The van der Waals surface area contributed by atoms with Gasteiger partial charge in [0.05, 0.1) is 11.8 Å². The molecule has 1 aliphatic rings. The number of hydrogen-bond donors (Lipinski definition) is 1. The van der Waals surface area contributed by atoms with Crippen LogP contribution in [-0.2, 0) is 4.79 Å². The fourth-order valence-electron chi connectivity index (χ4n) is 2.68. The highest BCUT2D eigenvalue weighted by Crippen LogP contribution is 2.26. The molecule has 3 rings (SSSR count). The first-order chi connectivity index (χ1) is 11.2. The van der Waals surface area contributed by atoms with Crippen molar-refractivity contribution in [2.45, 2.75) is 10.9 Å². The third kappa shape index (κ3) is 4.25. The molecule has 1 fully saturated rings. The van der Waals surface area contributed by atoms with Crippen LogP contribution in [0.25, 0.3) is 0 Å². The van der Waals surface area contributed by atoms with Crippen LogP contribution >= 0.6 is 23.4 Å². The molecule has 6 heteroatoms. The highest BCUT2D eigenvalue weighted by atomic mass is 35.5. The number of thioether (sulfide) groups is 1. The highest BCUT2D eigenvalue weighted by Gasteiger charge is 2.27. The standard InChI is InChI=1S/C17H18ClN3OS/c18-14-3-1-2-13(10-14)16-11-20-8-9-21(16)17(22)12-23-15-4-6-19-7-5-15/h1-7,10,16,20H,8-9,11-12H2. The van der Waals surface area contributed by atoms with E-state index < -0.39 is 0 Å². The number of nitrogens with one attached hydrogen (secondary N) is 1. The molecule has 120 valence electrons. The van der Waals surface area contributed by atoms with Gasteiger partial charge < -0.3 is 10.2 Å². The molecular formula is C17H18ClN3OS. The van der Waals surface area contributed by atoms with Gasteiger partial charge >= 0.3 is 0 Å². The fraction of sp³-hybridized carbons (Fsp3) is 0.294. The minimum Gasteiger partial charge on any atom is -0.332 e. The second-order valence-electron chi connectivity index (χ2n) is 5.33. The zero-order valence-corrected chi connectivity index (χ0v) is 14.2. The lowest BCUT2D eigenvalue weighted by atomic mass is 10.0. The first-order valence-electron chi connectivity index (χ1n) is 7.52. The topological polar surface area (TPSA) is 45.2 Å². The molecule has 0 saturated carbocycles. The van der Waals surface area contributed by atoms with Gasteiger partial charge in [-0.1, -0.05) is 23.7 Å². The summed E-state index contributed by atoms with van der Waals surface area (Å²) in [5.41, 5.74) is 1.08. The van der Waals surface area contributed by atoms with Crippen LogP contribution in [0.15, 0.2) is 53.7 Å². The Morgan fingerprint density at radius 2 is 2.17 bits per heavy atom. The smallest absolute Gasteiger partial charge is 0.233 e. The van der Waals surface area contributed by atoms with Gasteiger partial charge in [-0.15, -0.1) is 11.8 Å². The largest absolute Gasteiger partial charge is 0.332 e. The second-order valence-corrected chi connectivity index (χ2v) is 6.82. The molecule has 23 heavy (non-hydrogen) atoms. The van der Waals surface area contributed by atoms with E-state index in [2.05, 4.69) is 10.3 Å². The van der Waals surface area contributed by atoms with Gasteiger partial charge in [-0.05, 0) is 29.8 Å². The highest BCUT2D eigenvalue weighted by molar-refractivity contribution is 8.00. The summed E-state index contributed by atoms with van der Waals surface area (Å²) in [6, 6.07) is 11.6. The number of carbonyl (C=O) groups excluding carboxylic acids is 1. The molecule has 0 aliphatic carbocycles. The van der Waals surface area contributed by atoms with Gasteiger partial charge in [-0.3, -0.25) is 9.78 Å². The van der Waals surface area contributed by atoms with E-state index in [9.17, 15) is 4.79 Å². The van der Waals surface area contributed by atoms with Crippen molar-refractivity contribution in [3.63, 3.8) is 0 Å². The monoisotopic (exact) mass is 347 g/mol. The van der Waals surface area contributed by atoms with Gasteiger partial charge in [0.1, 0.15) is 0 Å². The maximum absolute atomic E-state index is 12.7. The molecule has 2 aromatic rings. The maximum Gasteiger partial charge on any atom is 0.233 e. The lowest BCUT2D eigenvalue weighted by Crippen LogP contribution is -2.49. The van der Waals surface area contributed by atoms with Crippen molar-refractivity contribution in [1.82, 2.24) is 15.2 Å². The Morgan fingerprint density at radius 3 is 2.96 bits per heavy atom. The molecule has 1 aromatic heterocycles. The Kier molecular flexibility index (Phi) is 5.54. The summed E-state index contributed by atoms with van der Waals surface area (Å²) in [6.07, 6.45) is 3.48. The van der Waals surface area contributed by atoms with Crippen LogP contribution in [0, 0.1) is 0 Å². The number of piperazine rings is 1. The number of pyridine rings is 1. The Morgan fingerprint density at radius 1 is 1.35 bits per heavy atom. The molecule has 1 aliphatic heterocycles. The van der Waals surface area contributed by atoms with Crippen LogP contribution in [0.5, 0.6) is 0 Å². The van der Waals surface area contributed by atoms with E-state index in [1.807, 2.05) is 41.3 Å². The van der Waals surface area contributed by atoms with Crippen molar-refractivity contribution >= 4 is 29.3 Å². The van der Waals surface area contributed by atoms with Gasteiger partial charge in [0.2, 0.25) is 5.91 Å². The number of rotatable bonds is 4. The Hall–Kier alpha value is -1.56. The molecule has 4 nitrogen and oxygen atoms in total. The van der Waals surface area contributed by atoms with E-state index in [1.54, 1.807) is 24.2 Å². The van der Waals surface area contributed by atoms with Crippen LogP contribution in [0.3, 0.4) is 0 Å². The Balaban J connectivity index is 1.69. The summed E-state index contributed by atoms with van der Waals surface area (Å²) in [4.78, 5) is 19.7. The van der Waals surface area contributed by atoms with Gasteiger partial charge in [-0.2, -0.15) is 0 Å². The number of nitrogens with zero attached hydrogens (tertiary/aromatic N) is 2. The number of aromatic nitrogens is 1. The third-order valence-corrected chi connectivity index (χ3v) is 5.04. The number of benzene rings is 1. The number of amides is 1. The van der Waals surface area contributed by atoms with Gasteiger partial charge in [-0.25, -0.2) is 0 Å². The molecule has 0 spiro atoms. The lowest BCUT2D eigenvalue weighted by molar-refractivity contribution is -0.131. The first kappa shape index (κ1) is 16.3. The van der Waals surface area contributed by atoms with Crippen molar-refractivity contribution in [2.24, 2.45) is 0 Å². The summed E-state index contributed by atoms with van der Waals surface area (Å²) in [6.45, 7) is 2.29. The van der Waals surface area contributed by atoms with E-state index in [0.717, 1.165) is 23.5 Å². The summed E-state index contributed by atoms with van der Waals surface area (Å²) in [7, 11) is 0. The molecule has 0 bridgehead atoms. The molecule has 1 amide bonds. The van der Waals surface area contributed by atoms with Crippen LogP contribution in [0.4, 0.5) is 0 Å². The van der Waals surface area contributed by atoms with Gasteiger partial charge in [0.15, 0.2) is 0 Å². The average molecular weight is 348 g/mol. The molecule has 1 aromatic carbocycles. The summed E-state index contributed by atoms with van der Waals surface area (Å²) < 4.78 is 0. The lowest BCUT2D eigenvalue weighted by Gasteiger charge is -2.36. The van der Waals surface area contributed by atoms with E-state index >= 15 is 0 Å². The first-order valence-corrected chi connectivity index (χ1v) is 8.89. The van der Waals surface area contributed by atoms with E-state index in [-0.39, 0.29) is 11.9 Å². The Labute approximate surface area is 145 Å². The summed E-state index contributed by atoms with van der Waals surface area (Å²) in [5.74, 6) is 0.583. The van der Waals surface area contributed by atoms with Crippen molar-refractivity contribution in [3.05, 3.63) is 59.4 Å². The summed E-state index contributed by atoms with van der Waals surface area (Å²) in [5, 5.41) is 4.06. The van der Waals surface area contributed by atoms with Gasteiger partial charge in [0, 0.05) is 41.9 Å². The predicted octanol–water partition coefficient (Wildman–Crippen LogP) is 3.00. The fourth-order valence-corrected chi connectivity index (χ4v) is 3.65. The second kappa shape index (κ2) is 7.81. The SMILES string of the molecule is O=C(CSc1ccncc1)N1CCNCC1c1cccc(Cl)c1. The maximum atomic E-state index is 12.7. The molecule has 2 heterocycles. The van der Waals surface area contributed by atoms with Crippen molar-refractivity contribution in [2.75, 3.05) is 25.4 Å². The van der Waals surface area contributed by atoms with Crippen LogP contribution < -0.4 is 5.32 Å². The zero-order valence-electron chi connectivity index (χ0n) is 12.6. The minimum atomic E-state index is 0.0352. The molecule has 0 radical (unpaired) electrons. The number of halogens is 1. The number of hydrogen-bond acceptors (Lipinski definition) is 4. The molecule has 1 N–H and O–H groups in total. The van der Waals surface area contributed by atoms with E-state index in [1.165, 1.54) is 0 Å². The number of carbonyl (C=O) groups is 1. The van der Waals surface area contributed by atoms with Gasteiger partial charge in [0.25, 0.3) is 0 Å². The van der Waals surface area contributed by atoms with Crippen molar-refractivity contribution in [3.8, 4) is 0 Å². The van der Waals surface area contributed by atoms with Crippen LogP contribution in [-0.4, -0.2) is 41.2 Å². The summed E-state index contributed by atoms with van der Waals surface area (Å²) >= 11 is 7.64. The Bertz CT molecular complexity index is 668. The van der Waals surface area contributed by atoms with Crippen molar-refractivity contribution < 1.29 is 4.79 Å². The predicted molar refractivity (Wildman–Crippen MR) is 93.7 cm³/mol. The quantitative estimate of drug-likeness (QED) is 0.864. The van der Waals surface area contributed by atoms with Crippen molar-refractivity contribution in [1.29, 1.82) is 0 Å².